The third kappa shape index (κ3) is 4.18. The van der Waals surface area contributed by atoms with Crippen LogP contribution in [0.15, 0.2) is 0 Å². The second-order valence-electron chi connectivity index (χ2n) is 5.16. The molecule has 0 aromatic rings. The second kappa shape index (κ2) is 6.04. The molecule has 2 N–H and O–H groups in total. The van der Waals surface area contributed by atoms with Gasteiger partial charge in [-0.05, 0) is 20.3 Å². The van der Waals surface area contributed by atoms with Gasteiger partial charge in [-0.3, -0.25) is 0 Å². The van der Waals surface area contributed by atoms with E-state index in [2.05, 4.69) is 5.32 Å². The number of nitrogens with zero attached hydrogens (tertiary/aromatic N) is 1. The van der Waals surface area contributed by atoms with Crippen LogP contribution in [0.4, 0.5) is 4.79 Å². The van der Waals surface area contributed by atoms with Gasteiger partial charge in [0.2, 0.25) is 0 Å². The highest BCUT2D eigenvalue weighted by molar-refractivity contribution is 5.82. The molecule has 0 radical (unpaired) electrons. The molecule has 18 heavy (non-hydrogen) atoms. The smallest absolute Gasteiger partial charge is 0.326 e. The largest absolute Gasteiger partial charge is 0.480 e. The first-order valence-electron chi connectivity index (χ1n) is 6.28. The van der Waals surface area contributed by atoms with Crippen LogP contribution in [0, 0.1) is 0 Å². The molecule has 0 aliphatic carbocycles. The summed E-state index contributed by atoms with van der Waals surface area (Å²) in [4.78, 5) is 24.6. The van der Waals surface area contributed by atoms with Crippen LogP contribution < -0.4 is 5.32 Å². The number of urea groups is 1. The van der Waals surface area contributed by atoms with Crippen molar-refractivity contribution in [2.24, 2.45) is 0 Å². The topological polar surface area (TPSA) is 78.9 Å². The van der Waals surface area contributed by atoms with E-state index in [9.17, 15) is 9.59 Å². The van der Waals surface area contributed by atoms with E-state index in [0.717, 1.165) is 0 Å². The molecule has 0 bridgehead atoms. The molecule has 1 atom stereocenters. The van der Waals surface area contributed by atoms with Crippen LogP contribution in [-0.4, -0.2) is 53.3 Å². The Hall–Kier alpha value is -1.30. The van der Waals surface area contributed by atoms with Crippen LogP contribution in [0.2, 0.25) is 0 Å². The number of morpholine rings is 1. The van der Waals surface area contributed by atoms with Crippen molar-refractivity contribution in [3.05, 3.63) is 0 Å². The quantitative estimate of drug-likeness (QED) is 0.790. The van der Waals surface area contributed by atoms with Crippen molar-refractivity contribution < 1.29 is 19.4 Å². The van der Waals surface area contributed by atoms with E-state index in [-0.39, 0.29) is 11.6 Å². The molecule has 0 aromatic carbocycles. The van der Waals surface area contributed by atoms with Gasteiger partial charge in [0.1, 0.15) is 6.04 Å². The number of rotatable bonds is 4. The van der Waals surface area contributed by atoms with Gasteiger partial charge in [0, 0.05) is 6.54 Å². The van der Waals surface area contributed by atoms with E-state index >= 15 is 0 Å². The summed E-state index contributed by atoms with van der Waals surface area (Å²) in [5, 5.41) is 11.6. The fourth-order valence-electron chi connectivity index (χ4n) is 1.98. The molecular formula is C12H22N2O4. The zero-order valence-corrected chi connectivity index (χ0v) is 11.2. The SMILES string of the molecule is CCC[C@@H](NC(=O)N1CCOC(C)(C)C1)C(=O)O. The lowest BCUT2D eigenvalue weighted by Crippen LogP contribution is -2.56. The molecule has 0 unspecified atom stereocenters. The third-order valence-electron chi connectivity index (χ3n) is 2.89. The Morgan fingerprint density at radius 2 is 2.17 bits per heavy atom. The number of nitrogens with one attached hydrogen (secondary N) is 1. The number of carboxylic acids is 1. The van der Waals surface area contributed by atoms with E-state index in [4.69, 9.17) is 9.84 Å². The molecule has 0 saturated carbocycles. The summed E-state index contributed by atoms with van der Waals surface area (Å²) in [6, 6.07) is -1.14. The van der Waals surface area contributed by atoms with Crippen LogP contribution >= 0.6 is 0 Å². The Labute approximate surface area is 107 Å². The minimum atomic E-state index is -0.988. The maximum Gasteiger partial charge on any atom is 0.326 e. The van der Waals surface area contributed by atoms with Crippen molar-refractivity contribution >= 4 is 12.0 Å². The molecule has 1 aliphatic rings. The molecule has 6 heteroatoms. The average Bonchev–Trinajstić information content (AvgIpc) is 2.26. The van der Waals surface area contributed by atoms with Crippen LogP contribution in [0.1, 0.15) is 33.6 Å². The Kier molecular flexibility index (Phi) is 4.95. The van der Waals surface area contributed by atoms with E-state index in [1.54, 1.807) is 4.90 Å². The molecule has 1 rings (SSSR count). The molecule has 2 amide bonds. The van der Waals surface area contributed by atoms with Gasteiger partial charge in [-0.1, -0.05) is 13.3 Å². The van der Waals surface area contributed by atoms with Crippen molar-refractivity contribution in [2.45, 2.75) is 45.3 Å². The van der Waals surface area contributed by atoms with Crippen molar-refractivity contribution in [1.82, 2.24) is 10.2 Å². The highest BCUT2D eigenvalue weighted by atomic mass is 16.5. The summed E-state index contributed by atoms with van der Waals surface area (Å²) in [5.41, 5.74) is -0.376. The van der Waals surface area contributed by atoms with E-state index in [1.807, 2.05) is 20.8 Å². The Bertz CT molecular complexity index is 317. The van der Waals surface area contributed by atoms with E-state index in [0.29, 0.717) is 32.5 Å². The Balaban J connectivity index is 2.55. The fourth-order valence-corrected chi connectivity index (χ4v) is 1.98. The predicted molar refractivity (Wildman–Crippen MR) is 66.5 cm³/mol. The predicted octanol–water partition coefficient (Wildman–Crippen LogP) is 1.06. The lowest BCUT2D eigenvalue weighted by Gasteiger charge is -2.38. The number of carboxylic acid groups (broad SMARTS) is 1. The number of carbonyl (C=O) groups excluding carboxylic acids is 1. The van der Waals surface area contributed by atoms with Gasteiger partial charge in [-0.25, -0.2) is 9.59 Å². The van der Waals surface area contributed by atoms with Crippen molar-refractivity contribution in [2.75, 3.05) is 19.7 Å². The number of hydrogen-bond donors (Lipinski definition) is 2. The lowest BCUT2D eigenvalue weighted by atomic mass is 10.1. The summed E-state index contributed by atoms with van der Waals surface area (Å²) in [5.74, 6) is -0.988. The standard InChI is InChI=1S/C12H22N2O4/c1-4-5-9(10(15)16)13-11(17)14-6-7-18-12(2,3)8-14/h9H,4-8H2,1-3H3,(H,13,17)(H,15,16)/t9-/m1/s1. The Morgan fingerprint density at radius 1 is 1.50 bits per heavy atom. The number of amides is 2. The maximum atomic E-state index is 12.0. The highest BCUT2D eigenvalue weighted by Crippen LogP contribution is 2.16. The maximum absolute atomic E-state index is 12.0. The summed E-state index contributed by atoms with van der Waals surface area (Å²) in [6.07, 6.45) is 1.15. The molecule has 0 aromatic heterocycles. The number of ether oxygens (including phenoxy) is 1. The minimum Gasteiger partial charge on any atom is -0.480 e. The molecule has 1 heterocycles. The lowest BCUT2D eigenvalue weighted by molar-refractivity contribution is -0.139. The first kappa shape index (κ1) is 14.8. The zero-order valence-electron chi connectivity index (χ0n) is 11.2. The Morgan fingerprint density at radius 3 is 2.67 bits per heavy atom. The third-order valence-corrected chi connectivity index (χ3v) is 2.89. The first-order chi connectivity index (χ1) is 8.35. The van der Waals surface area contributed by atoms with E-state index < -0.39 is 12.0 Å². The van der Waals surface area contributed by atoms with Gasteiger partial charge in [0.05, 0.1) is 18.8 Å². The molecule has 1 saturated heterocycles. The van der Waals surface area contributed by atoms with E-state index in [1.165, 1.54) is 0 Å². The highest BCUT2D eigenvalue weighted by Gasteiger charge is 2.31. The zero-order chi connectivity index (χ0) is 13.8. The van der Waals surface area contributed by atoms with Crippen molar-refractivity contribution in [3.63, 3.8) is 0 Å². The summed E-state index contributed by atoms with van der Waals surface area (Å²) >= 11 is 0. The molecular weight excluding hydrogens is 236 g/mol. The summed E-state index contributed by atoms with van der Waals surface area (Å²) in [6.45, 7) is 7.15. The first-order valence-corrected chi connectivity index (χ1v) is 6.28. The number of carbonyl (C=O) groups is 2. The van der Waals surface area contributed by atoms with Gasteiger partial charge in [0.25, 0.3) is 0 Å². The van der Waals surface area contributed by atoms with Gasteiger partial charge in [-0.15, -0.1) is 0 Å². The van der Waals surface area contributed by atoms with Gasteiger partial charge in [-0.2, -0.15) is 0 Å². The fraction of sp³-hybridized carbons (Fsp3) is 0.833. The summed E-state index contributed by atoms with van der Waals surface area (Å²) in [7, 11) is 0. The molecule has 1 fully saturated rings. The molecule has 104 valence electrons. The van der Waals surface area contributed by atoms with Gasteiger partial charge >= 0.3 is 12.0 Å². The molecule has 6 nitrogen and oxygen atoms in total. The average molecular weight is 258 g/mol. The van der Waals surface area contributed by atoms with Crippen molar-refractivity contribution in [3.8, 4) is 0 Å². The monoisotopic (exact) mass is 258 g/mol. The summed E-state index contributed by atoms with van der Waals surface area (Å²) < 4.78 is 5.51. The second-order valence-corrected chi connectivity index (χ2v) is 5.16. The van der Waals surface area contributed by atoms with Crippen LogP contribution in [-0.2, 0) is 9.53 Å². The van der Waals surface area contributed by atoms with Crippen LogP contribution in [0.5, 0.6) is 0 Å². The van der Waals surface area contributed by atoms with Gasteiger partial charge in [0.15, 0.2) is 0 Å². The minimum absolute atomic E-state index is 0.327. The van der Waals surface area contributed by atoms with Crippen molar-refractivity contribution in [1.29, 1.82) is 0 Å². The molecule has 0 spiro atoms. The normalized spacial score (nSPS) is 20.3. The van der Waals surface area contributed by atoms with Crippen LogP contribution in [0.3, 0.4) is 0 Å². The number of aliphatic carboxylic acids is 1. The van der Waals surface area contributed by atoms with Gasteiger partial charge < -0.3 is 20.1 Å². The number of hydrogen-bond acceptors (Lipinski definition) is 3. The van der Waals surface area contributed by atoms with Crippen LogP contribution in [0.25, 0.3) is 0 Å². The molecule has 1 aliphatic heterocycles.